The average Bonchev–Trinajstić information content (AvgIpc) is 3.93. The van der Waals surface area contributed by atoms with Gasteiger partial charge in [-0.3, -0.25) is 0 Å². The molecule has 0 aromatic carbocycles. The average molecular weight is 623 g/mol. The molecule has 0 unspecified atom stereocenters. The third-order valence-corrected chi connectivity index (χ3v) is 9.49. The summed E-state index contributed by atoms with van der Waals surface area (Å²) in [5, 5.41) is 0. The Balaban J connectivity index is 0.00000576. The molecule has 0 saturated carbocycles. The van der Waals surface area contributed by atoms with Crippen LogP contribution < -0.4 is 0 Å². The van der Waals surface area contributed by atoms with Crippen LogP contribution in [-0.4, -0.2) is 26.4 Å². The minimum absolute atomic E-state index is 0.998. The van der Waals surface area contributed by atoms with Gasteiger partial charge in [-0.25, -0.2) is 0 Å². The first-order chi connectivity index (χ1) is 21.9. The van der Waals surface area contributed by atoms with E-state index in [4.69, 9.17) is 4.74 Å². The van der Waals surface area contributed by atoms with Gasteiger partial charge in [-0.05, 0) is 12.8 Å². The van der Waals surface area contributed by atoms with E-state index in [0.29, 0.717) is 0 Å². The van der Waals surface area contributed by atoms with Crippen LogP contribution >= 0.6 is 0 Å². The van der Waals surface area contributed by atoms with Gasteiger partial charge in [0.2, 0.25) is 0 Å². The normalized spacial score (nSPS) is 12.4. The van der Waals surface area contributed by atoms with Crippen molar-refractivity contribution in [3.8, 4) is 0 Å². The molecular weight excluding hydrogens is 536 g/mol. The highest BCUT2D eigenvalue weighted by molar-refractivity contribution is 4.52. The summed E-state index contributed by atoms with van der Waals surface area (Å²) < 4.78 is 10.4. The highest BCUT2D eigenvalue weighted by Gasteiger charge is 1.98. The summed E-state index contributed by atoms with van der Waals surface area (Å²) in [5.41, 5.74) is 0. The highest BCUT2D eigenvalue weighted by atomic mass is 16.6. The molecule has 1 saturated heterocycles. The van der Waals surface area contributed by atoms with Gasteiger partial charge >= 0.3 is 0 Å². The van der Waals surface area contributed by atoms with Gasteiger partial charge in [0, 0.05) is 13.2 Å². The quantitative estimate of drug-likeness (QED) is 0.0505. The predicted molar refractivity (Wildman–Crippen MR) is 199 cm³/mol. The van der Waals surface area contributed by atoms with E-state index in [1.54, 1.807) is 0 Å². The molecule has 0 atom stereocenters. The minimum Gasteiger partial charge on any atom is -0.381 e. The lowest BCUT2D eigenvalue weighted by Gasteiger charge is -2.06. The predicted octanol–water partition coefficient (Wildman–Crippen LogP) is 15.1. The van der Waals surface area contributed by atoms with Crippen LogP contribution in [0.5, 0.6) is 0 Å². The van der Waals surface area contributed by atoms with Gasteiger partial charge in [-0.15, -0.1) is 0 Å². The Morgan fingerprint density at radius 1 is 0.273 bits per heavy atom. The van der Waals surface area contributed by atoms with Gasteiger partial charge < -0.3 is 9.47 Å². The fourth-order valence-corrected chi connectivity index (χ4v) is 6.31. The first-order valence-corrected chi connectivity index (χ1v) is 21.1. The lowest BCUT2D eigenvalue weighted by atomic mass is 10.0. The molecule has 0 amide bonds. The van der Waals surface area contributed by atoms with Crippen LogP contribution in [-0.2, 0) is 9.47 Å². The first kappa shape index (κ1) is 43.9. The third-order valence-electron chi connectivity index (χ3n) is 9.49. The molecule has 1 rings (SSSR count). The molecule has 0 N–H and O–H groups in total. The zero-order chi connectivity index (χ0) is 31.7. The summed E-state index contributed by atoms with van der Waals surface area (Å²) >= 11 is 0. The van der Waals surface area contributed by atoms with Crippen LogP contribution in [0.3, 0.4) is 0 Å². The molecule has 1 aliphatic rings. The Morgan fingerprint density at radius 2 is 0.432 bits per heavy atom. The van der Waals surface area contributed by atoms with E-state index in [9.17, 15) is 0 Å². The van der Waals surface area contributed by atoms with Crippen molar-refractivity contribution in [2.75, 3.05) is 26.4 Å². The molecule has 1 fully saturated rings. The molecule has 0 spiro atoms. The Labute approximate surface area is 280 Å². The van der Waals surface area contributed by atoms with E-state index in [0.717, 1.165) is 26.4 Å². The molecule has 0 radical (unpaired) electrons. The summed E-state index contributed by atoms with van der Waals surface area (Å²) in [7, 11) is 0. The molecule has 0 aliphatic carbocycles. The molecule has 1 heterocycles. The van der Waals surface area contributed by atoms with Crippen molar-refractivity contribution in [1.82, 2.24) is 0 Å². The molecule has 2 heteroatoms. The van der Waals surface area contributed by atoms with E-state index >= 15 is 0 Å². The first-order valence-electron chi connectivity index (χ1n) is 21.1. The van der Waals surface area contributed by atoms with Crippen LogP contribution in [0, 0.1) is 0 Å². The van der Waals surface area contributed by atoms with Crippen LogP contribution in [0.25, 0.3) is 0 Å². The summed E-state index contributed by atoms with van der Waals surface area (Å²) in [4.78, 5) is 0. The van der Waals surface area contributed by atoms with E-state index in [1.807, 2.05) is 0 Å². The van der Waals surface area contributed by atoms with Crippen molar-refractivity contribution in [1.29, 1.82) is 0 Å². The number of rotatable bonds is 38. The molecular formula is C42H86O2. The molecule has 0 bridgehead atoms. The van der Waals surface area contributed by atoms with Crippen molar-refractivity contribution in [3.05, 3.63) is 0 Å². The van der Waals surface area contributed by atoms with Crippen LogP contribution in [0.2, 0.25) is 0 Å². The minimum atomic E-state index is 0.998. The van der Waals surface area contributed by atoms with E-state index < -0.39 is 0 Å². The highest BCUT2D eigenvalue weighted by Crippen LogP contribution is 2.16. The summed E-state index contributed by atoms with van der Waals surface area (Å²) in [6.07, 6.45) is 52.0. The van der Waals surface area contributed by atoms with Crippen molar-refractivity contribution in [2.45, 2.75) is 245 Å². The van der Waals surface area contributed by atoms with Crippen LogP contribution in [0.4, 0.5) is 0 Å². The third kappa shape index (κ3) is 46.3. The smallest absolute Gasteiger partial charge is 0.0701 e. The monoisotopic (exact) mass is 623 g/mol. The molecule has 44 heavy (non-hydrogen) atoms. The molecule has 1 aliphatic heterocycles. The number of ether oxygens (including phenoxy) is 2. The van der Waals surface area contributed by atoms with Gasteiger partial charge in [0.25, 0.3) is 0 Å². The standard InChI is InChI=1S/C40H82O.C2H4O/c1-3-5-7-9-11-13-15-17-19-21-23-25-27-29-31-33-35-37-39-41-40-38-36-34-32-30-28-26-24-22-20-18-16-14-12-10-8-6-4-2;1-2-3-1/h3-40H2,1-2H3;1-2H2. The van der Waals surface area contributed by atoms with Gasteiger partial charge in [0.05, 0.1) is 13.2 Å². The fraction of sp³-hybridized carbons (Fsp3) is 1.00. The zero-order valence-electron chi connectivity index (χ0n) is 31.1. The summed E-state index contributed by atoms with van der Waals surface area (Å²) in [6.45, 7) is 8.61. The zero-order valence-corrected chi connectivity index (χ0v) is 31.1. The second-order valence-electron chi connectivity index (χ2n) is 14.2. The number of epoxide rings is 1. The topological polar surface area (TPSA) is 21.8 Å². The van der Waals surface area contributed by atoms with Crippen molar-refractivity contribution >= 4 is 0 Å². The maximum atomic E-state index is 5.89. The SMILES string of the molecule is C1CO1.CCCCCCCCCCCCCCCCCCCCOCCCCCCCCCCCCCCCCCCCC. The second-order valence-corrected chi connectivity index (χ2v) is 14.2. The maximum Gasteiger partial charge on any atom is 0.0701 e. The lowest BCUT2D eigenvalue weighted by Crippen LogP contribution is -1.97. The second kappa shape index (κ2) is 42.9. The number of hydrogen-bond donors (Lipinski definition) is 0. The Morgan fingerprint density at radius 3 is 0.591 bits per heavy atom. The van der Waals surface area contributed by atoms with Crippen LogP contribution in [0.15, 0.2) is 0 Å². The largest absolute Gasteiger partial charge is 0.381 e. The summed E-state index contributed by atoms with van der Waals surface area (Å²) in [6, 6.07) is 0. The van der Waals surface area contributed by atoms with Crippen molar-refractivity contribution in [2.24, 2.45) is 0 Å². The van der Waals surface area contributed by atoms with Gasteiger partial charge in [-0.2, -0.15) is 0 Å². The van der Waals surface area contributed by atoms with Crippen molar-refractivity contribution < 1.29 is 9.47 Å². The molecule has 2 nitrogen and oxygen atoms in total. The van der Waals surface area contributed by atoms with E-state index in [-0.39, 0.29) is 0 Å². The van der Waals surface area contributed by atoms with E-state index in [2.05, 4.69) is 18.6 Å². The van der Waals surface area contributed by atoms with Gasteiger partial charge in [-0.1, -0.05) is 232 Å². The van der Waals surface area contributed by atoms with Gasteiger partial charge in [0.1, 0.15) is 0 Å². The van der Waals surface area contributed by atoms with E-state index in [1.165, 1.54) is 231 Å². The number of hydrogen-bond acceptors (Lipinski definition) is 2. The Bertz CT molecular complexity index is 422. The molecule has 0 aromatic heterocycles. The Kier molecular flexibility index (Phi) is 42.8. The van der Waals surface area contributed by atoms with Gasteiger partial charge in [0.15, 0.2) is 0 Å². The van der Waals surface area contributed by atoms with Crippen LogP contribution in [0.1, 0.15) is 245 Å². The maximum absolute atomic E-state index is 5.89. The molecule has 0 aromatic rings. The lowest BCUT2D eigenvalue weighted by molar-refractivity contribution is 0.125. The van der Waals surface area contributed by atoms with Crippen molar-refractivity contribution in [3.63, 3.8) is 0 Å². The summed E-state index contributed by atoms with van der Waals surface area (Å²) in [5.74, 6) is 0. The number of unbranched alkanes of at least 4 members (excludes halogenated alkanes) is 34. The Hall–Kier alpha value is -0.0800. The fourth-order valence-electron chi connectivity index (χ4n) is 6.31. The molecule has 266 valence electrons.